The van der Waals surface area contributed by atoms with Crippen LogP contribution in [-0.2, 0) is 11.2 Å². The van der Waals surface area contributed by atoms with Gasteiger partial charge in [-0.25, -0.2) is 9.59 Å². The molecule has 0 atom stereocenters. The lowest BCUT2D eigenvalue weighted by molar-refractivity contribution is 0.0520. The minimum absolute atomic E-state index is 0.153. The Balaban J connectivity index is 1.65. The van der Waals surface area contributed by atoms with E-state index in [-0.39, 0.29) is 17.9 Å². The molecule has 6 heteroatoms. The van der Waals surface area contributed by atoms with Crippen molar-refractivity contribution in [2.45, 2.75) is 13.3 Å². The van der Waals surface area contributed by atoms with Gasteiger partial charge in [0.25, 0.3) is 0 Å². The molecule has 154 valence electrons. The van der Waals surface area contributed by atoms with Crippen molar-refractivity contribution in [3.63, 3.8) is 0 Å². The monoisotopic (exact) mass is 468 g/mol. The third kappa shape index (κ3) is 5.70. The van der Waals surface area contributed by atoms with Crippen LogP contribution in [0.1, 0.15) is 33.2 Å². The molecule has 0 heterocycles. The van der Waals surface area contributed by atoms with Gasteiger partial charge in [-0.3, -0.25) is 0 Å². The van der Waals surface area contributed by atoms with Gasteiger partial charge in [-0.2, -0.15) is 0 Å². The Morgan fingerprint density at radius 1 is 0.867 bits per heavy atom. The zero-order valence-corrected chi connectivity index (χ0v) is 18.1. The van der Waals surface area contributed by atoms with E-state index in [2.05, 4.69) is 15.9 Å². The highest BCUT2D eigenvalue weighted by atomic mass is 79.9. The van der Waals surface area contributed by atoms with E-state index in [1.165, 1.54) is 5.56 Å². The van der Waals surface area contributed by atoms with Gasteiger partial charge in [0, 0.05) is 6.42 Å². The second-order valence-corrected chi connectivity index (χ2v) is 7.19. The Kier molecular flexibility index (Phi) is 7.63. The first-order valence-corrected chi connectivity index (χ1v) is 10.3. The van der Waals surface area contributed by atoms with E-state index in [1.54, 1.807) is 49.4 Å². The quantitative estimate of drug-likeness (QED) is 0.324. The van der Waals surface area contributed by atoms with Crippen molar-refractivity contribution in [1.29, 1.82) is 0 Å². The normalized spacial score (nSPS) is 10.3. The molecular weight excluding hydrogens is 448 g/mol. The van der Waals surface area contributed by atoms with Gasteiger partial charge in [0.2, 0.25) is 0 Å². The molecule has 0 saturated carbocycles. The average Bonchev–Trinajstić information content (AvgIpc) is 2.76. The number of rotatable bonds is 8. The lowest BCUT2D eigenvalue weighted by Crippen LogP contribution is -2.13. The second kappa shape index (κ2) is 10.6. The van der Waals surface area contributed by atoms with Crippen LogP contribution in [0.15, 0.2) is 77.3 Å². The number of para-hydroxylation sites is 1. The molecule has 0 aliphatic heterocycles. The van der Waals surface area contributed by atoms with Crippen LogP contribution in [0.25, 0.3) is 0 Å². The standard InChI is InChI=1S/C24H21BrO5/c1-2-28-24(27)19-10-6-7-11-21(19)30-23(26)18-12-13-22(20(25)16-18)29-15-14-17-8-4-3-5-9-17/h3-13,16H,2,14-15H2,1H3. The van der Waals surface area contributed by atoms with Crippen LogP contribution in [0.3, 0.4) is 0 Å². The molecule has 5 nitrogen and oxygen atoms in total. The van der Waals surface area contributed by atoms with E-state index in [9.17, 15) is 9.59 Å². The molecule has 3 aromatic rings. The number of benzene rings is 3. The van der Waals surface area contributed by atoms with Crippen LogP contribution in [0.2, 0.25) is 0 Å². The smallest absolute Gasteiger partial charge is 0.343 e. The molecule has 0 aromatic heterocycles. The Morgan fingerprint density at radius 2 is 1.60 bits per heavy atom. The van der Waals surface area contributed by atoms with Crippen LogP contribution < -0.4 is 9.47 Å². The highest BCUT2D eigenvalue weighted by molar-refractivity contribution is 9.10. The summed E-state index contributed by atoms with van der Waals surface area (Å²) in [6.45, 7) is 2.46. The molecule has 0 bridgehead atoms. The van der Waals surface area contributed by atoms with Crippen molar-refractivity contribution in [2.24, 2.45) is 0 Å². The Labute approximate surface area is 183 Å². The topological polar surface area (TPSA) is 61.8 Å². The summed E-state index contributed by atoms with van der Waals surface area (Å²) in [6.07, 6.45) is 0.779. The molecule has 0 radical (unpaired) electrons. The Bertz CT molecular complexity index is 1020. The van der Waals surface area contributed by atoms with Gasteiger partial charge in [0.15, 0.2) is 0 Å². The van der Waals surface area contributed by atoms with Gasteiger partial charge < -0.3 is 14.2 Å². The van der Waals surface area contributed by atoms with Gasteiger partial charge >= 0.3 is 11.9 Å². The fraction of sp³-hybridized carbons (Fsp3) is 0.167. The molecule has 30 heavy (non-hydrogen) atoms. The summed E-state index contributed by atoms with van der Waals surface area (Å²) in [6, 6.07) is 21.5. The molecule has 0 amide bonds. The number of carbonyl (C=O) groups excluding carboxylic acids is 2. The maximum absolute atomic E-state index is 12.6. The molecule has 0 aliphatic rings. The second-order valence-electron chi connectivity index (χ2n) is 6.34. The molecule has 0 fully saturated rings. The third-order valence-corrected chi connectivity index (χ3v) is 4.86. The molecule has 0 spiro atoms. The molecule has 0 N–H and O–H groups in total. The van der Waals surface area contributed by atoms with E-state index in [4.69, 9.17) is 14.2 Å². The maximum Gasteiger partial charge on any atom is 0.343 e. The zero-order valence-electron chi connectivity index (χ0n) is 16.5. The number of halogens is 1. The van der Waals surface area contributed by atoms with Crippen molar-refractivity contribution in [2.75, 3.05) is 13.2 Å². The number of hydrogen-bond acceptors (Lipinski definition) is 5. The first-order valence-electron chi connectivity index (χ1n) is 9.53. The molecule has 3 rings (SSSR count). The van der Waals surface area contributed by atoms with Crippen molar-refractivity contribution in [3.8, 4) is 11.5 Å². The number of ether oxygens (including phenoxy) is 3. The van der Waals surface area contributed by atoms with Crippen LogP contribution >= 0.6 is 15.9 Å². The summed E-state index contributed by atoms with van der Waals surface area (Å²) in [4.78, 5) is 24.6. The summed E-state index contributed by atoms with van der Waals surface area (Å²) in [5.74, 6) is -0.331. The zero-order chi connectivity index (χ0) is 21.3. The summed E-state index contributed by atoms with van der Waals surface area (Å²) in [7, 11) is 0. The minimum atomic E-state index is -0.580. The van der Waals surface area contributed by atoms with Crippen molar-refractivity contribution in [1.82, 2.24) is 0 Å². The SMILES string of the molecule is CCOC(=O)c1ccccc1OC(=O)c1ccc(OCCc2ccccc2)c(Br)c1. The highest BCUT2D eigenvalue weighted by Gasteiger charge is 2.17. The number of carbonyl (C=O) groups is 2. The summed E-state index contributed by atoms with van der Waals surface area (Å²) < 4.78 is 16.9. The van der Waals surface area contributed by atoms with Gasteiger partial charge in [0.1, 0.15) is 17.1 Å². The fourth-order valence-corrected chi connectivity index (χ4v) is 3.25. The lowest BCUT2D eigenvalue weighted by Gasteiger charge is -2.11. The predicted octanol–water partition coefficient (Wildman–Crippen LogP) is 5.47. The van der Waals surface area contributed by atoms with E-state index in [0.717, 1.165) is 6.42 Å². The summed E-state index contributed by atoms with van der Waals surface area (Å²) in [5, 5.41) is 0. The molecule has 0 aliphatic carbocycles. The largest absolute Gasteiger partial charge is 0.492 e. The first-order chi connectivity index (χ1) is 14.6. The van der Waals surface area contributed by atoms with Crippen molar-refractivity contribution >= 4 is 27.9 Å². The van der Waals surface area contributed by atoms with Gasteiger partial charge in [-0.05, 0) is 58.7 Å². The predicted molar refractivity (Wildman–Crippen MR) is 117 cm³/mol. The van der Waals surface area contributed by atoms with E-state index in [0.29, 0.717) is 22.4 Å². The Hall–Kier alpha value is -3.12. The number of esters is 2. The molecule has 0 unspecified atom stereocenters. The minimum Gasteiger partial charge on any atom is -0.492 e. The fourth-order valence-electron chi connectivity index (χ4n) is 2.76. The van der Waals surface area contributed by atoms with Crippen molar-refractivity contribution < 1.29 is 23.8 Å². The van der Waals surface area contributed by atoms with Gasteiger partial charge in [0.05, 0.1) is 23.2 Å². The van der Waals surface area contributed by atoms with Gasteiger partial charge in [-0.15, -0.1) is 0 Å². The van der Waals surface area contributed by atoms with E-state index >= 15 is 0 Å². The summed E-state index contributed by atoms with van der Waals surface area (Å²) >= 11 is 3.44. The number of hydrogen-bond donors (Lipinski definition) is 0. The average molecular weight is 469 g/mol. The van der Waals surface area contributed by atoms with Crippen molar-refractivity contribution in [3.05, 3.63) is 94.0 Å². The Morgan fingerprint density at radius 3 is 2.33 bits per heavy atom. The van der Waals surface area contributed by atoms with Gasteiger partial charge in [-0.1, -0.05) is 42.5 Å². The highest BCUT2D eigenvalue weighted by Crippen LogP contribution is 2.27. The van der Waals surface area contributed by atoms with E-state index < -0.39 is 11.9 Å². The summed E-state index contributed by atoms with van der Waals surface area (Å²) in [5.41, 5.74) is 1.72. The molecule has 0 saturated heterocycles. The van der Waals surface area contributed by atoms with Crippen LogP contribution in [0.5, 0.6) is 11.5 Å². The van der Waals surface area contributed by atoms with Crippen LogP contribution in [0, 0.1) is 0 Å². The first kappa shape index (κ1) is 21.6. The third-order valence-electron chi connectivity index (χ3n) is 4.24. The van der Waals surface area contributed by atoms with Crippen LogP contribution in [0.4, 0.5) is 0 Å². The van der Waals surface area contributed by atoms with E-state index in [1.807, 2.05) is 30.3 Å². The molecule has 3 aromatic carbocycles. The maximum atomic E-state index is 12.6. The lowest BCUT2D eigenvalue weighted by atomic mass is 10.2. The van der Waals surface area contributed by atoms with Crippen LogP contribution in [-0.4, -0.2) is 25.2 Å². The molecular formula is C24H21BrO5.